The first kappa shape index (κ1) is 24.1. The van der Waals surface area contributed by atoms with Gasteiger partial charge in [0, 0.05) is 31.7 Å². The van der Waals surface area contributed by atoms with Crippen molar-refractivity contribution in [3.63, 3.8) is 0 Å². The van der Waals surface area contributed by atoms with Crippen molar-refractivity contribution in [3.8, 4) is 0 Å². The maximum Gasteiger partial charge on any atom is 0.289 e. The molecule has 3 aromatic rings. The zero-order chi connectivity index (χ0) is 25.0. The minimum absolute atomic E-state index is 0.00123. The lowest BCUT2D eigenvalue weighted by Gasteiger charge is -2.36. The molecule has 0 aliphatic carbocycles. The van der Waals surface area contributed by atoms with Gasteiger partial charge in [0.05, 0.1) is 11.2 Å². The van der Waals surface area contributed by atoms with Crippen LogP contribution in [0.5, 0.6) is 0 Å². The van der Waals surface area contributed by atoms with E-state index < -0.39 is 32.8 Å². The Morgan fingerprint density at radius 3 is 2.09 bits per heavy atom. The van der Waals surface area contributed by atoms with Crippen molar-refractivity contribution in [2.24, 2.45) is 0 Å². The minimum Gasteiger partial charge on any atom is -0.459 e. The Morgan fingerprint density at radius 1 is 0.857 bits per heavy atom. The summed E-state index contributed by atoms with van der Waals surface area (Å²) in [5.41, 5.74) is 0.00123. The van der Waals surface area contributed by atoms with Gasteiger partial charge in [0.25, 0.3) is 17.7 Å². The summed E-state index contributed by atoms with van der Waals surface area (Å²) in [6.07, 6.45) is 1.38. The topological polar surface area (TPSA) is 117 Å². The van der Waals surface area contributed by atoms with Crippen molar-refractivity contribution in [3.05, 3.63) is 90.1 Å². The monoisotopic (exact) mass is 499 g/mol. The van der Waals surface area contributed by atoms with Crippen molar-refractivity contribution >= 4 is 27.6 Å². The number of carbonyl (C=O) groups is 3. The largest absolute Gasteiger partial charge is 0.459 e. The van der Waals surface area contributed by atoms with Crippen LogP contribution in [0.4, 0.5) is 4.39 Å². The van der Waals surface area contributed by atoms with E-state index in [-0.39, 0.29) is 48.3 Å². The summed E-state index contributed by atoms with van der Waals surface area (Å²) in [4.78, 5) is 41.3. The molecule has 1 saturated heterocycles. The molecule has 3 amide bonds. The Bertz CT molecular complexity index is 1300. The molecule has 2 heterocycles. The molecule has 1 unspecified atom stereocenters. The third kappa shape index (κ3) is 5.24. The first-order valence-electron chi connectivity index (χ1n) is 10.7. The van der Waals surface area contributed by atoms with Gasteiger partial charge in [0.15, 0.2) is 5.76 Å². The number of nitrogens with one attached hydrogen (secondary N) is 1. The molecule has 0 radical (unpaired) electrons. The van der Waals surface area contributed by atoms with E-state index in [0.717, 1.165) is 12.1 Å². The fraction of sp³-hybridized carbons (Fsp3) is 0.208. The Morgan fingerprint density at radius 2 is 1.49 bits per heavy atom. The van der Waals surface area contributed by atoms with Gasteiger partial charge < -0.3 is 19.5 Å². The highest BCUT2D eigenvalue weighted by Gasteiger charge is 2.39. The molecule has 4 rings (SSSR count). The highest BCUT2D eigenvalue weighted by molar-refractivity contribution is 7.92. The van der Waals surface area contributed by atoms with Gasteiger partial charge in [-0.3, -0.25) is 14.4 Å². The van der Waals surface area contributed by atoms with Gasteiger partial charge in [0.1, 0.15) is 5.82 Å². The number of hydrogen-bond acceptors (Lipinski definition) is 6. The molecular formula is C24H22FN3O6S. The molecule has 2 aromatic carbocycles. The summed E-state index contributed by atoms with van der Waals surface area (Å²) in [6, 6.07) is 15.0. The Kier molecular flexibility index (Phi) is 6.97. The molecule has 1 aliphatic heterocycles. The van der Waals surface area contributed by atoms with Gasteiger partial charge in [-0.05, 0) is 48.5 Å². The van der Waals surface area contributed by atoms with Gasteiger partial charge in [-0.15, -0.1) is 0 Å². The van der Waals surface area contributed by atoms with Crippen molar-refractivity contribution in [1.29, 1.82) is 0 Å². The van der Waals surface area contributed by atoms with Crippen LogP contribution in [0.1, 0.15) is 20.9 Å². The van der Waals surface area contributed by atoms with E-state index in [1.807, 2.05) is 0 Å². The van der Waals surface area contributed by atoms with Crippen molar-refractivity contribution in [1.82, 2.24) is 15.1 Å². The van der Waals surface area contributed by atoms with Crippen LogP contribution in [0, 0.1) is 5.82 Å². The molecule has 0 bridgehead atoms. The Balaban J connectivity index is 1.55. The van der Waals surface area contributed by atoms with Crippen LogP contribution in [0.15, 0.2) is 82.3 Å². The van der Waals surface area contributed by atoms with Crippen LogP contribution in [0.3, 0.4) is 0 Å². The van der Waals surface area contributed by atoms with Crippen molar-refractivity contribution in [2.45, 2.75) is 10.3 Å². The second kappa shape index (κ2) is 10.1. The molecule has 35 heavy (non-hydrogen) atoms. The average molecular weight is 500 g/mol. The van der Waals surface area contributed by atoms with E-state index in [4.69, 9.17) is 4.42 Å². The second-order valence-electron chi connectivity index (χ2n) is 7.81. The number of halogens is 1. The summed E-state index contributed by atoms with van der Waals surface area (Å²) < 4.78 is 45.1. The van der Waals surface area contributed by atoms with Gasteiger partial charge in [0.2, 0.25) is 15.2 Å². The molecule has 1 fully saturated rings. The van der Waals surface area contributed by atoms with Gasteiger partial charge in [-0.25, -0.2) is 12.8 Å². The van der Waals surface area contributed by atoms with E-state index >= 15 is 0 Å². The van der Waals surface area contributed by atoms with Crippen LogP contribution >= 0.6 is 0 Å². The van der Waals surface area contributed by atoms with Crippen LogP contribution in [0.2, 0.25) is 0 Å². The summed E-state index contributed by atoms with van der Waals surface area (Å²) in [5.74, 6) is -2.39. The fourth-order valence-corrected chi connectivity index (χ4v) is 5.16. The van der Waals surface area contributed by atoms with Crippen molar-refractivity contribution < 1.29 is 31.6 Å². The molecule has 1 atom stereocenters. The SMILES string of the molecule is O=C(NC(C(=O)N1CCN(C(=O)c2ccco2)CC1)S(=O)(=O)c1ccccc1)c1ccc(F)cc1. The van der Waals surface area contributed by atoms with E-state index in [1.54, 1.807) is 12.1 Å². The molecule has 1 aromatic heterocycles. The van der Waals surface area contributed by atoms with Crippen LogP contribution < -0.4 is 5.32 Å². The zero-order valence-electron chi connectivity index (χ0n) is 18.5. The Hall–Kier alpha value is -3.99. The van der Waals surface area contributed by atoms with E-state index in [1.165, 1.54) is 58.5 Å². The van der Waals surface area contributed by atoms with Gasteiger partial charge in [-0.2, -0.15) is 0 Å². The molecule has 0 saturated carbocycles. The quantitative estimate of drug-likeness (QED) is 0.554. The first-order chi connectivity index (χ1) is 16.8. The third-order valence-electron chi connectivity index (χ3n) is 5.59. The number of carbonyl (C=O) groups excluding carboxylic acids is 3. The highest BCUT2D eigenvalue weighted by atomic mass is 32.2. The van der Waals surface area contributed by atoms with Crippen LogP contribution in [0.25, 0.3) is 0 Å². The van der Waals surface area contributed by atoms with Crippen LogP contribution in [-0.4, -0.2) is 67.5 Å². The summed E-state index contributed by atoms with van der Waals surface area (Å²) in [7, 11) is -4.32. The van der Waals surface area contributed by atoms with Gasteiger partial charge in [-0.1, -0.05) is 18.2 Å². The van der Waals surface area contributed by atoms with E-state index in [0.29, 0.717) is 0 Å². The van der Waals surface area contributed by atoms with Crippen molar-refractivity contribution in [2.75, 3.05) is 26.2 Å². The number of benzene rings is 2. The molecule has 1 N–H and O–H groups in total. The number of rotatable bonds is 6. The smallest absolute Gasteiger partial charge is 0.289 e. The number of furan rings is 1. The second-order valence-corrected chi connectivity index (χ2v) is 9.85. The Labute approximate surface area is 201 Å². The molecule has 182 valence electrons. The molecule has 9 nitrogen and oxygen atoms in total. The maximum atomic E-state index is 13.4. The normalized spacial score (nSPS) is 14.9. The standard InChI is InChI=1S/C24H22FN3O6S/c25-18-10-8-17(9-11-18)21(29)26-22(35(32,33)19-5-2-1-3-6-19)24(31)28-14-12-27(13-15-28)23(30)20-7-4-16-34-20/h1-11,16,22H,12-15H2,(H,26,29). The highest BCUT2D eigenvalue weighted by Crippen LogP contribution is 2.19. The lowest BCUT2D eigenvalue weighted by molar-refractivity contribution is -0.132. The predicted octanol–water partition coefficient (Wildman–Crippen LogP) is 1.93. The van der Waals surface area contributed by atoms with E-state index in [2.05, 4.69) is 5.32 Å². The van der Waals surface area contributed by atoms with E-state index in [9.17, 15) is 27.2 Å². The fourth-order valence-electron chi connectivity index (χ4n) is 3.67. The molecule has 0 spiro atoms. The number of piperazine rings is 1. The number of hydrogen-bond donors (Lipinski definition) is 1. The number of sulfone groups is 1. The zero-order valence-corrected chi connectivity index (χ0v) is 19.3. The summed E-state index contributed by atoms with van der Waals surface area (Å²) >= 11 is 0. The summed E-state index contributed by atoms with van der Waals surface area (Å²) in [5, 5.41) is 0.401. The summed E-state index contributed by atoms with van der Waals surface area (Å²) in [6.45, 7) is 0.460. The first-order valence-corrected chi connectivity index (χ1v) is 12.3. The lowest BCUT2D eigenvalue weighted by atomic mass is 10.2. The number of nitrogens with zero attached hydrogens (tertiary/aromatic N) is 2. The number of amides is 3. The lowest BCUT2D eigenvalue weighted by Crippen LogP contribution is -2.57. The molecule has 1 aliphatic rings. The average Bonchev–Trinajstić information content (AvgIpc) is 3.42. The molecule has 11 heteroatoms. The third-order valence-corrected chi connectivity index (χ3v) is 7.45. The maximum absolute atomic E-state index is 13.4. The van der Waals surface area contributed by atoms with Crippen LogP contribution in [-0.2, 0) is 14.6 Å². The molecular weight excluding hydrogens is 477 g/mol. The minimum atomic E-state index is -4.32. The predicted molar refractivity (Wildman–Crippen MR) is 122 cm³/mol. The van der Waals surface area contributed by atoms with Gasteiger partial charge >= 0.3 is 0 Å².